The molecule has 1 spiro atoms. The fourth-order valence-electron chi connectivity index (χ4n) is 3.63. The van der Waals surface area contributed by atoms with E-state index in [2.05, 4.69) is 37.2 Å². The highest BCUT2D eigenvalue weighted by Gasteiger charge is 2.59. The van der Waals surface area contributed by atoms with Crippen LogP contribution in [0.5, 0.6) is 5.75 Å². The van der Waals surface area contributed by atoms with Gasteiger partial charge in [0.2, 0.25) is 5.91 Å². The highest BCUT2D eigenvalue weighted by molar-refractivity contribution is 9.11. The zero-order chi connectivity index (χ0) is 16.1. The van der Waals surface area contributed by atoms with Gasteiger partial charge in [0, 0.05) is 11.5 Å². The average molecular weight is 434 g/mol. The molecule has 2 fully saturated rings. The molecule has 0 radical (unpaired) electrons. The number of benzene rings is 1. The molecule has 0 saturated carbocycles. The van der Waals surface area contributed by atoms with E-state index in [-0.39, 0.29) is 11.8 Å². The van der Waals surface area contributed by atoms with Crippen molar-refractivity contribution in [3.05, 3.63) is 26.6 Å². The highest BCUT2D eigenvalue weighted by Crippen LogP contribution is 2.48. The fourth-order valence-corrected chi connectivity index (χ4v) is 5.03. The molecule has 2 aliphatic rings. The first-order chi connectivity index (χ1) is 10.4. The van der Waals surface area contributed by atoms with Crippen LogP contribution in [0.2, 0.25) is 0 Å². The molecule has 2 saturated heterocycles. The second-order valence-electron chi connectivity index (χ2n) is 5.82. The number of ether oxygens (including phenoxy) is 1. The van der Waals surface area contributed by atoms with Gasteiger partial charge in [-0.25, -0.2) is 0 Å². The molecule has 1 aromatic carbocycles. The number of amides is 1. The number of carbonyl (C=O) groups excluding carboxylic acids is 1. The summed E-state index contributed by atoms with van der Waals surface area (Å²) in [6, 6.07) is 3.78. The van der Waals surface area contributed by atoms with Gasteiger partial charge in [-0.15, -0.1) is 0 Å². The van der Waals surface area contributed by atoms with Crippen LogP contribution in [0.15, 0.2) is 21.1 Å². The Hall–Kier alpha value is -0.630. The standard InChI is InChI=1S/C15H18Br2N2O3/c1-19-13(20)12(15(14(19)21)4-3-5-18-15)8-6-11(22-2)10(17)7-9(8)16/h6-7,12-13,18,20H,3-5H2,1-2H3/t12-,13-,15-/m0/s1. The quantitative estimate of drug-likeness (QED) is 0.750. The molecule has 3 rings (SSSR count). The molecule has 2 N–H and O–H groups in total. The Morgan fingerprint density at radius 3 is 2.73 bits per heavy atom. The van der Waals surface area contributed by atoms with Crippen LogP contribution in [0.1, 0.15) is 24.3 Å². The number of aliphatic hydroxyl groups is 1. The Balaban J connectivity index is 2.15. The van der Waals surface area contributed by atoms with Gasteiger partial charge in [0.05, 0.1) is 17.5 Å². The van der Waals surface area contributed by atoms with Crippen LogP contribution in [0.25, 0.3) is 0 Å². The predicted octanol–water partition coefficient (Wildman–Crippen LogP) is 2.22. The van der Waals surface area contributed by atoms with Crippen molar-refractivity contribution in [3.8, 4) is 5.75 Å². The van der Waals surface area contributed by atoms with Gasteiger partial charge < -0.3 is 20.1 Å². The Morgan fingerprint density at radius 2 is 2.14 bits per heavy atom. The average Bonchev–Trinajstić information content (AvgIpc) is 3.03. The minimum Gasteiger partial charge on any atom is -0.496 e. The van der Waals surface area contributed by atoms with Crippen molar-refractivity contribution in [1.82, 2.24) is 10.2 Å². The van der Waals surface area contributed by atoms with E-state index < -0.39 is 11.8 Å². The maximum absolute atomic E-state index is 12.7. The zero-order valence-electron chi connectivity index (χ0n) is 12.4. The van der Waals surface area contributed by atoms with Gasteiger partial charge in [-0.2, -0.15) is 0 Å². The lowest BCUT2D eigenvalue weighted by Crippen LogP contribution is -2.50. The minimum absolute atomic E-state index is 0.0451. The van der Waals surface area contributed by atoms with Gasteiger partial charge in [-0.05, 0) is 53.0 Å². The third-order valence-corrected chi connectivity index (χ3v) is 6.03. The fraction of sp³-hybridized carbons (Fsp3) is 0.533. The van der Waals surface area contributed by atoms with Gasteiger partial charge in [0.1, 0.15) is 17.5 Å². The number of hydrogen-bond donors (Lipinski definition) is 2. The number of nitrogens with one attached hydrogen (secondary N) is 1. The lowest BCUT2D eigenvalue weighted by atomic mass is 9.79. The van der Waals surface area contributed by atoms with Crippen LogP contribution >= 0.6 is 31.9 Å². The lowest BCUT2D eigenvalue weighted by Gasteiger charge is -2.30. The van der Waals surface area contributed by atoms with Gasteiger partial charge in [0.25, 0.3) is 0 Å². The molecule has 0 aromatic heterocycles. The maximum atomic E-state index is 12.7. The monoisotopic (exact) mass is 432 g/mol. The van der Waals surface area contributed by atoms with E-state index in [4.69, 9.17) is 4.74 Å². The van der Waals surface area contributed by atoms with E-state index in [0.717, 1.165) is 33.9 Å². The van der Waals surface area contributed by atoms with Crippen LogP contribution in [-0.2, 0) is 4.79 Å². The van der Waals surface area contributed by atoms with Gasteiger partial charge >= 0.3 is 0 Å². The zero-order valence-corrected chi connectivity index (χ0v) is 15.6. The van der Waals surface area contributed by atoms with E-state index in [0.29, 0.717) is 5.75 Å². The van der Waals surface area contributed by atoms with E-state index in [1.165, 1.54) is 4.90 Å². The van der Waals surface area contributed by atoms with Gasteiger partial charge in [-0.1, -0.05) is 15.9 Å². The van der Waals surface area contributed by atoms with Crippen LogP contribution in [0.3, 0.4) is 0 Å². The molecule has 2 aliphatic heterocycles. The topological polar surface area (TPSA) is 61.8 Å². The van der Waals surface area contributed by atoms with Crippen LogP contribution in [0.4, 0.5) is 0 Å². The van der Waals surface area contributed by atoms with E-state index in [1.54, 1.807) is 14.2 Å². The summed E-state index contributed by atoms with van der Waals surface area (Å²) in [5, 5.41) is 14.0. The minimum atomic E-state index is -0.861. The van der Waals surface area contributed by atoms with Crippen molar-refractivity contribution in [3.63, 3.8) is 0 Å². The lowest BCUT2D eigenvalue weighted by molar-refractivity contribution is -0.135. The third-order valence-electron chi connectivity index (χ3n) is 4.72. The van der Waals surface area contributed by atoms with Gasteiger partial charge in [0.15, 0.2) is 0 Å². The van der Waals surface area contributed by atoms with E-state index >= 15 is 0 Å². The smallest absolute Gasteiger partial charge is 0.245 e. The maximum Gasteiger partial charge on any atom is 0.245 e. The largest absolute Gasteiger partial charge is 0.496 e. The Morgan fingerprint density at radius 1 is 1.41 bits per heavy atom. The molecule has 22 heavy (non-hydrogen) atoms. The summed E-state index contributed by atoms with van der Waals surface area (Å²) in [5.41, 5.74) is 0.148. The molecule has 0 unspecified atom stereocenters. The number of methoxy groups -OCH3 is 1. The Kier molecular flexibility index (Phi) is 4.26. The van der Waals surface area contributed by atoms with Crippen molar-refractivity contribution < 1.29 is 14.6 Å². The number of nitrogens with zero attached hydrogens (tertiary/aromatic N) is 1. The predicted molar refractivity (Wildman–Crippen MR) is 89.9 cm³/mol. The van der Waals surface area contributed by atoms with Crippen LogP contribution < -0.4 is 10.1 Å². The Bertz CT molecular complexity index is 617. The molecule has 7 heteroatoms. The summed E-state index contributed by atoms with van der Waals surface area (Å²) in [5.74, 6) is 0.292. The molecule has 0 bridgehead atoms. The third kappa shape index (κ3) is 2.21. The second kappa shape index (κ2) is 5.78. The second-order valence-corrected chi connectivity index (χ2v) is 7.53. The summed E-state index contributed by atoms with van der Waals surface area (Å²) >= 11 is 7.02. The number of halogens is 2. The Labute approximate surface area is 146 Å². The first-order valence-corrected chi connectivity index (χ1v) is 8.74. The molecule has 1 aromatic rings. The molecular formula is C15H18Br2N2O3. The van der Waals surface area contributed by atoms with Gasteiger partial charge in [-0.3, -0.25) is 4.79 Å². The molecule has 3 atom stereocenters. The molecular weight excluding hydrogens is 416 g/mol. The number of likely N-dealkylation sites (N-methyl/N-ethyl adjacent to an activating group) is 1. The van der Waals surface area contributed by atoms with E-state index in [1.807, 2.05) is 12.1 Å². The first kappa shape index (κ1) is 16.2. The highest BCUT2D eigenvalue weighted by atomic mass is 79.9. The number of aliphatic hydroxyl groups excluding tert-OH is 1. The van der Waals surface area contributed by atoms with Crippen LogP contribution in [-0.4, -0.2) is 48.4 Å². The number of rotatable bonds is 2. The summed E-state index contributed by atoms with van der Waals surface area (Å²) in [7, 11) is 3.25. The summed E-state index contributed by atoms with van der Waals surface area (Å²) in [4.78, 5) is 14.1. The van der Waals surface area contributed by atoms with E-state index in [9.17, 15) is 9.90 Å². The summed E-state index contributed by atoms with van der Waals surface area (Å²) in [6.45, 7) is 0.786. The van der Waals surface area contributed by atoms with Crippen molar-refractivity contribution in [2.75, 3.05) is 20.7 Å². The molecule has 1 amide bonds. The molecule has 0 aliphatic carbocycles. The summed E-state index contributed by atoms with van der Waals surface area (Å²) < 4.78 is 7.04. The summed E-state index contributed by atoms with van der Waals surface area (Å²) in [6.07, 6.45) is 0.789. The van der Waals surface area contributed by atoms with Crippen molar-refractivity contribution in [2.45, 2.75) is 30.5 Å². The molecule has 120 valence electrons. The van der Waals surface area contributed by atoms with Crippen LogP contribution in [0, 0.1) is 0 Å². The molecule has 2 heterocycles. The van der Waals surface area contributed by atoms with Crippen molar-refractivity contribution >= 4 is 37.8 Å². The SMILES string of the molecule is COc1cc([C@H]2[C@H](O)N(C)C(=O)[C@]23CCCN3)c(Br)cc1Br. The number of carbonyl (C=O) groups is 1. The number of likely N-dealkylation sites (tertiary alicyclic amines) is 1. The normalized spacial score (nSPS) is 31.3. The van der Waals surface area contributed by atoms with Crippen molar-refractivity contribution in [1.29, 1.82) is 0 Å². The molecule has 5 nitrogen and oxygen atoms in total. The number of hydrogen-bond acceptors (Lipinski definition) is 4. The van der Waals surface area contributed by atoms with Crippen molar-refractivity contribution in [2.24, 2.45) is 0 Å². The first-order valence-electron chi connectivity index (χ1n) is 7.15.